The number of nitrogens with one attached hydrogen (secondary N) is 2. The molecule has 1 aromatic carbocycles. The van der Waals surface area contributed by atoms with Gasteiger partial charge in [0.25, 0.3) is 0 Å². The standard InChI is InChI=1S/C17H26N2O2/c1-17(2,3)13-5-6-14-12(9-13)10-18-11-15(14)16(21)19-7-4-8-20/h5-6,9,15,18,20H,4,7-8,10-11H2,1-3H3,(H,19,21). The van der Waals surface area contributed by atoms with Crippen LogP contribution in [0.5, 0.6) is 0 Å². The van der Waals surface area contributed by atoms with Crippen LogP contribution in [0.25, 0.3) is 0 Å². The molecule has 4 heteroatoms. The molecule has 116 valence electrons. The van der Waals surface area contributed by atoms with Crippen molar-refractivity contribution in [2.24, 2.45) is 0 Å². The van der Waals surface area contributed by atoms with E-state index in [9.17, 15) is 4.79 Å². The summed E-state index contributed by atoms with van der Waals surface area (Å²) in [7, 11) is 0. The molecule has 1 aliphatic rings. The summed E-state index contributed by atoms with van der Waals surface area (Å²) in [5.74, 6) is -0.0955. The fraction of sp³-hybridized carbons (Fsp3) is 0.588. The maximum Gasteiger partial charge on any atom is 0.228 e. The third-order valence-electron chi connectivity index (χ3n) is 4.00. The molecule has 0 spiro atoms. The van der Waals surface area contributed by atoms with E-state index in [1.807, 2.05) is 0 Å². The minimum Gasteiger partial charge on any atom is -0.396 e. The molecule has 1 aromatic rings. The van der Waals surface area contributed by atoms with Gasteiger partial charge < -0.3 is 15.7 Å². The number of aliphatic hydroxyl groups excluding tert-OH is 1. The highest BCUT2D eigenvalue weighted by Crippen LogP contribution is 2.30. The van der Waals surface area contributed by atoms with E-state index in [1.165, 1.54) is 11.1 Å². The first-order valence-electron chi connectivity index (χ1n) is 7.66. The highest BCUT2D eigenvalue weighted by atomic mass is 16.3. The van der Waals surface area contributed by atoms with Gasteiger partial charge in [0.2, 0.25) is 5.91 Å². The van der Waals surface area contributed by atoms with Crippen LogP contribution in [0.1, 0.15) is 49.8 Å². The summed E-state index contributed by atoms with van der Waals surface area (Å²) in [6.07, 6.45) is 0.599. The third kappa shape index (κ3) is 3.83. The van der Waals surface area contributed by atoms with Gasteiger partial charge in [0.1, 0.15) is 0 Å². The van der Waals surface area contributed by atoms with Crippen LogP contribution in [0.2, 0.25) is 0 Å². The van der Waals surface area contributed by atoms with Gasteiger partial charge in [0.05, 0.1) is 5.92 Å². The van der Waals surface area contributed by atoms with Crippen molar-refractivity contribution in [1.29, 1.82) is 0 Å². The lowest BCUT2D eigenvalue weighted by molar-refractivity contribution is -0.122. The average molecular weight is 290 g/mol. The van der Waals surface area contributed by atoms with Crippen molar-refractivity contribution < 1.29 is 9.90 Å². The second kappa shape index (κ2) is 6.58. The predicted molar refractivity (Wildman–Crippen MR) is 84.3 cm³/mol. The Morgan fingerprint density at radius 2 is 2.19 bits per heavy atom. The van der Waals surface area contributed by atoms with Crippen LogP contribution in [0.3, 0.4) is 0 Å². The molecule has 21 heavy (non-hydrogen) atoms. The monoisotopic (exact) mass is 290 g/mol. The van der Waals surface area contributed by atoms with Crippen molar-refractivity contribution in [1.82, 2.24) is 10.6 Å². The smallest absolute Gasteiger partial charge is 0.228 e. The molecule has 0 aliphatic carbocycles. The summed E-state index contributed by atoms with van der Waals surface area (Å²) in [4.78, 5) is 12.3. The maximum atomic E-state index is 12.3. The molecule has 3 N–H and O–H groups in total. The molecule has 2 rings (SSSR count). The number of hydrogen-bond donors (Lipinski definition) is 3. The minimum atomic E-state index is -0.138. The average Bonchev–Trinajstić information content (AvgIpc) is 2.45. The molecule has 4 nitrogen and oxygen atoms in total. The van der Waals surface area contributed by atoms with E-state index in [0.29, 0.717) is 19.5 Å². The van der Waals surface area contributed by atoms with Crippen LogP contribution in [0.15, 0.2) is 18.2 Å². The van der Waals surface area contributed by atoms with E-state index in [0.717, 1.165) is 12.1 Å². The van der Waals surface area contributed by atoms with Gasteiger partial charge in [-0.25, -0.2) is 0 Å². The topological polar surface area (TPSA) is 61.4 Å². The number of carbonyl (C=O) groups is 1. The van der Waals surface area contributed by atoms with Crippen LogP contribution in [0.4, 0.5) is 0 Å². The molecule has 0 bridgehead atoms. The third-order valence-corrected chi connectivity index (χ3v) is 4.00. The van der Waals surface area contributed by atoms with E-state index < -0.39 is 0 Å². The van der Waals surface area contributed by atoms with Crippen molar-refractivity contribution >= 4 is 5.91 Å². The summed E-state index contributed by atoms with van der Waals surface area (Å²) in [5.41, 5.74) is 3.76. The minimum absolute atomic E-state index is 0.0420. The van der Waals surface area contributed by atoms with Gasteiger partial charge in [-0.15, -0.1) is 0 Å². The number of aliphatic hydroxyl groups is 1. The molecule has 0 saturated heterocycles. The van der Waals surface area contributed by atoms with Crippen molar-refractivity contribution in [2.45, 2.75) is 45.1 Å². The van der Waals surface area contributed by atoms with Gasteiger partial charge in [0.15, 0.2) is 0 Å². The first-order valence-corrected chi connectivity index (χ1v) is 7.66. The van der Waals surface area contributed by atoms with Crippen LogP contribution >= 0.6 is 0 Å². The highest BCUT2D eigenvalue weighted by Gasteiger charge is 2.27. The van der Waals surface area contributed by atoms with Crippen LogP contribution in [-0.4, -0.2) is 30.7 Å². The largest absolute Gasteiger partial charge is 0.396 e. The lowest BCUT2D eigenvalue weighted by Gasteiger charge is -2.28. The lowest BCUT2D eigenvalue weighted by atomic mass is 9.82. The zero-order valence-electron chi connectivity index (χ0n) is 13.2. The maximum absolute atomic E-state index is 12.3. The predicted octanol–water partition coefficient (Wildman–Crippen LogP) is 1.67. The summed E-state index contributed by atoms with van der Waals surface area (Å²) in [6.45, 7) is 8.72. The Bertz CT molecular complexity index is 506. The van der Waals surface area contributed by atoms with Crippen molar-refractivity contribution in [3.05, 3.63) is 34.9 Å². The van der Waals surface area contributed by atoms with Crippen molar-refractivity contribution in [2.75, 3.05) is 19.7 Å². The van der Waals surface area contributed by atoms with Gasteiger partial charge in [-0.3, -0.25) is 4.79 Å². The molecular formula is C17H26N2O2. The fourth-order valence-corrected chi connectivity index (χ4v) is 2.67. The first-order chi connectivity index (χ1) is 9.93. The molecule has 1 heterocycles. The number of benzene rings is 1. The van der Waals surface area contributed by atoms with E-state index in [-0.39, 0.29) is 23.8 Å². The number of amides is 1. The zero-order valence-corrected chi connectivity index (χ0v) is 13.2. The summed E-state index contributed by atoms with van der Waals surface area (Å²) in [6, 6.07) is 6.46. The van der Waals surface area contributed by atoms with Crippen LogP contribution in [0, 0.1) is 0 Å². The van der Waals surface area contributed by atoms with Crippen molar-refractivity contribution in [3.8, 4) is 0 Å². The fourth-order valence-electron chi connectivity index (χ4n) is 2.67. The molecule has 1 atom stereocenters. The van der Waals surface area contributed by atoms with Gasteiger partial charge >= 0.3 is 0 Å². The Morgan fingerprint density at radius 1 is 1.43 bits per heavy atom. The Balaban J connectivity index is 2.18. The molecule has 0 radical (unpaired) electrons. The Kier molecular flexibility index (Phi) is 5.01. The van der Waals surface area contributed by atoms with E-state index in [4.69, 9.17) is 5.11 Å². The van der Waals surface area contributed by atoms with Gasteiger partial charge in [-0.2, -0.15) is 0 Å². The van der Waals surface area contributed by atoms with Gasteiger partial charge in [-0.1, -0.05) is 39.0 Å². The van der Waals surface area contributed by atoms with Crippen molar-refractivity contribution in [3.63, 3.8) is 0 Å². The molecule has 1 aliphatic heterocycles. The quantitative estimate of drug-likeness (QED) is 0.739. The summed E-state index contributed by atoms with van der Waals surface area (Å²) < 4.78 is 0. The van der Waals surface area contributed by atoms with E-state index in [2.05, 4.69) is 49.6 Å². The number of hydrogen-bond acceptors (Lipinski definition) is 3. The molecule has 0 aromatic heterocycles. The summed E-state index contributed by atoms with van der Waals surface area (Å²) >= 11 is 0. The normalized spacial score (nSPS) is 18.2. The van der Waals surface area contributed by atoms with E-state index >= 15 is 0 Å². The Labute approximate surface area is 126 Å². The molecular weight excluding hydrogens is 264 g/mol. The Morgan fingerprint density at radius 3 is 2.86 bits per heavy atom. The Hall–Kier alpha value is -1.39. The number of fused-ring (bicyclic) bond motifs is 1. The molecule has 1 amide bonds. The number of carbonyl (C=O) groups excluding carboxylic acids is 1. The van der Waals surface area contributed by atoms with Crippen LogP contribution < -0.4 is 10.6 Å². The molecule has 0 saturated carbocycles. The zero-order chi connectivity index (χ0) is 15.5. The van der Waals surface area contributed by atoms with E-state index in [1.54, 1.807) is 0 Å². The number of rotatable bonds is 4. The second-order valence-electron chi connectivity index (χ2n) is 6.72. The summed E-state index contributed by atoms with van der Waals surface area (Å²) in [5, 5.41) is 15.0. The van der Waals surface area contributed by atoms with Gasteiger partial charge in [-0.05, 0) is 28.5 Å². The highest BCUT2D eigenvalue weighted by molar-refractivity contribution is 5.84. The van der Waals surface area contributed by atoms with Crippen LogP contribution in [-0.2, 0) is 16.8 Å². The molecule has 1 unspecified atom stereocenters. The van der Waals surface area contributed by atoms with Gasteiger partial charge in [0, 0.05) is 26.2 Å². The first kappa shape index (κ1) is 16.0. The second-order valence-corrected chi connectivity index (χ2v) is 6.72. The SMILES string of the molecule is CC(C)(C)c1ccc2c(c1)CNCC2C(=O)NCCCO. The molecule has 0 fully saturated rings. The lowest BCUT2D eigenvalue weighted by Crippen LogP contribution is -2.39.